The summed E-state index contributed by atoms with van der Waals surface area (Å²) in [5, 5.41) is 7.51. The lowest BCUT2D eigenvalue weighted by Gasteiger charge is -2.37. The summed E-state index contributed by atoms with van der Waals surface area (Å²) in [6.45, 7) is 0.828. The lowest BCUT2D eigenvalue weighted by Crippen LogP contribution is -2.60. The SMILES string of the molecule is NC1(C(=O)NC2CCc3nn(Cc4ccc(F)cc4)c(=O)n3CC2)CCC1. The van der Waals surface area contributed by atoms with E-state index in [9.17, 15) is 14.0 Å². The van der Waals surface area contributed by atoms with E-state index in [1.807, 2.05) is 0 Å². The molecule has 8 heteroatoms. The van der Waals surface area contributed by atoms with Crippen molar-refractivity contribution in [3.05, 3.63) is 52.0 Å². The second kappa shape index (κ2) is 6.92. The number of benzene rings is 1. The average Bonchev–Trinajstić information content (AvgIpc) is 2.78. The molecule has 27 heavy (non-hydrogen) atoms. The summed E-state index contributed by atoms with van der Waals surface area (Å²) in [6.07, 6.45) is 4.50. The Hall–Kier alpha value is -2.48. The molecule has 3 N–H and O–H groups in total. The van der Waals surface area contributed by atoms with Crippen LogP contribution in [0.25, 0.3) is 0 Å². The van der Waals surface area contributed by atoms with Crippen LogP contribution in [0, 0.1) is 5.82 Å². The maximum Gasteiger partial charge on any atom is 0.346 e. The number of hydrogen-bond donors (Lipinski definition) is 2. The number of carbonyl (C=O) groups is 1. The van der Waals surface area contributed by atoms with Gasteiger partial charge in [0.2, 0.25) is 5.91 Å². The van der Waals surface area contributed by atoms with E-state index in [4.69, 9.17) is 5.73 Å². The monoisotopic (exact) mass is 373 g/mol. The van der Waals surface area contributed by atoms with Gasteiger partial charge < -0.3 is 11.1 Å². The Labute approximate surface area is 156 Å². The smallest absolute Gasteiger partial charge is 0.346 e. The second-order valence-electron chi connectivity index (χ2n) is 7.64. The molecule has 0 saturated heterocycles. The number of nitrogens with one attached hydrogen (secondary N) is 1. The quantitative estimate of drug-likeness (QED) is 0.834. The molecule has 144 valence electrons. The van der Waals surface area contributed by atoms with Crippen molar-refractivity contribution in [2.45, 2.75) is 63.2 Å². The van der Waals surface area contributed by atoms with Crippen LogP contribution in [-0.2, 0) is 24.3 Å². The van der Waals surface area contributed by atoms with E-state index in [2.05, 4.69) is 10.4 Å². The number of aromatic nitrogens is 3. The van der Waals surface area contributed by atoms with Gasteiger partial charge in [0.15, 0.2) is 0 Å². The first kappa shape index (κ1) is 17.9. The summed E-state index contributed by atoms with van der Waals surface area (Å²) in [5.74, 6) is 0.345. The number of nitrogens with zero attached hydrogens (tertiary/aromatic N) is 3. The minimum Gasteiger partial charge on any atom is -0.352 e. The Bertz CT molecular complexity index is 898. The molecule has 7 nitrogen and oxygen atoms in total. The summed E-state index contributed by atoms with van der Waals surface area (Å²) in [5.41, 5.74) is 6.03. The Morgan fingerprint density at radius 2 is 2.04 bits per heavy atom. The highest BCUT2D eigenvalue weighted by Gasteiger charge is 2.40. The maximum atomic E-state index is 13.0. The highest BCUT2D eigenvalue weighted by molar-refractivity contribution is 5.87. The van der Waals surface area contributed by atoms with Crippen LogP contribution in [0.4, 0.5) is 4.39 Å². The van der Waals surface area contributed by atoms with Gasteiger partial charge in [-0.3, -0.25) is 9.36 Å². The van der Waals surface area contributed by atoms with E-state index < -0.39 is 5.54 Å². The molecule has 1 aromatic heterocycles. The molecule has 1 aliphatic heterocycles. The summed E-state index contributed by atoms with van der Waals surface area (Å²) in [4.78, 5) is 25.0. The number of hydrogen-bond acceptors (Lipinski definition) is 4. The summed E-state index contributed by atoms with van der Waals surface area (Å²) >= 11 is 0. The first-order valence-electron chi connectivity index (χ1n) is 9.45. The molecule has 0 spiro atoms. The molecule has 1 atom stereocenters. The minimum atomic E-state index is -0.707. The zero-order valence-corrected chi connectivity index (χ0v) is 15.2. The molecular weight excluding hydrogens is 349 g/mol. The molecule has 0 bridgehead atoms. The number of nitrogens with two attached hydrogens (primary N) is 1. The van der Waals surface area contributed by atoms with E-state index in [0.717, 1.165) is 37.1 Å². The summed E-state index contributed by atoms with van der Waals surface area (Å²) in [7, 11) is 0. The third-order valence-electron chi connectivity index (χ3n) is 5.70. The van der Waals surface area contributed by atoms with Gasteiger partial charge in [-0.1, -0.05) is 12.1 Å². The normalized spacial score (nSPS) is 21.0. The van der Waals surface area contributed by atoms with Gasteiger partial charge in [0.25, 0.3) is 0 Å². The molecule has 2 heterocycles. The number of halogens is 1. The summed E-state index contributed by atoms with van der Waals surface area (Å²) < 4.78 is 16.1. The predicted molar refractivity (Wildman–Crippen MR) is 97.6 cm³/mol. The van der Waals surface area contributed by atoms with Gasteiger partial charge in [-0.05, 0) is 49.8 Å². The Morgan fingerprint density at radius 3 is 2.70 bits per heavy atom. The van der Waals surface area contributed by atoms with Crippen molar-refractivity contribution in [2.24, 2.45) is 5.73 Å². The third-order valence-corrected chi connectivity index (χ3v) is 5.70. The highest BCUT2D eigenvalue weighted by atomic mass is 19.1. The molecule has 1 aromatic carbocycles. The van der Waals surface area contributed by atoms with Crippen LogP contribution in [0.15, 0.2) is 29.1 Å². The zero-order valence-electron chi connectivity index (χ0n) is 15.2. The van der Waals surface area contributed by atoms with E-state index in [1.54, 1.807) is 16.7 Å². The van der Waals surface area contributed by atoms with Crippen molar-refractivity contribution >= 4 is 5.91 Å². The van der Waals surface area contributed by atoms with Gasteiger partial charge >= 0.3 is 5.69 Å². The molecule has 1 aliphatic carbocycles. The fourth-order valence-electron chi connectivity index (χ4n) is 3.75. The van der Waals surface area contributed by atoms with Crippen molar-refractivity contribution in [1.82, 2.24) is 19.7 Å². The van der Waals surface area contributed by atoms with Gasteiger partial charge in [0.05, 0.1) is 12.1 Å². The lowest BCUT2D eigenvalue weighted by molar-refractivity contribution is -0.130. The standard InChI is InChI=1S/C19H24FN5O2/c20-14-4-2-13(3-5-14)12-25-18(27)24-11-8-15(6-7-16(24)23-25)22-17(26)19(21)9-1-10-19/h2-5,15H,1,6-12,21H2,(H,22,26). The fourth-order valence-corrected chi connectivity index (χ4v) is 3.75. The van der Waals surface area contributed by atoms with E-state index in [-0.39, 0.29) is 23.5 Å². The van der Waals surface area contributed by atoms with Crippen LogP contribution < -0.4 is 16.7 Å². The van der Waals surface area contributed by atoms with Gasteiger partial charge in [0.1, 0.15) is 11.6 Å². The fraction of sp³-hybridized carbons (Fsp3) is 0.526. The molecule has 0 radical (unpaired) electrons. The first-order valence-corrected chi connectivity index (χ1v) is 9.45. The van der Waals surface area contributed by atoms with Crippen LogP contribution in [0.5, 0.6) is 0 Å². The van der Waals surface area contributed by atoms with Crippen LogP contribution in [0.3, 0.4) is 0 Å². The van der Waals surface area contributed by atoms with Gasteiger partial charge in [-0.25, -0.2) is 13.9 Å². The third kappa shape index (κ3) is 3.53. The summed E-state index contributed by atoms with van der Waals surface area (Å²) in [6, 6.07) is 6.06. The molecule has 1 saturated carbocycles. The zero-order chi connectivity index (χ0) is 19.0. The second-order valence-corrected chi connectivity index (χ2v) is 7.64. The predicted octanol–water partition coefficient (Wildman–Crippen LogP) is 0.935. The first-order chi connectivity index (χ1) is 12.9. The maximum absolute atomic E-state index is 13.0. The number of rotatable bonds is 4. The molecule has 4 rings (SSSR count). The van der Waals surface area contributed by atoms with E-state index in [1.165, 1.54) is 16.8 Å². The van der Waals surface area contributed by atoms with Gasteiger partial charge in [0, 0.05) is 19.0 Å². The minimum absolute atomic E-state index is 0.00479. The topological polar surface area (TPSA) is 94.9 Å². The van der Waals surface area contributed by atoms with E-state index >= 15 is 0 Å². The Kier molecular flexibility index (Phi) is 4.59. The van der Waals surface area contributed by atoms with Crippen molar-refractivity contribution < 1.29 is 9.18 Å². The number of fused-ring (bicyclic) bond motifs is 1. The Morgan fingerprint density at radius 1 is 1.30 bits per heavy atom. The number of aryl methyl sites for hydroxylation is 1. The van der Waals surface area contributed by atoms with Crippen molar-refractivity contribution in [2.75, 3.05) is 0 Å². The van der Waals surface area contributed by atoms with Crippen molar-refractivity contribution in [1.29, 1.82) is 0 Å². The van der Waals surface area contributed by atoms with Crippen LogP contribution >= 0.6 is 0 Å². The molecule has 1 amide bonds. The number of amides is 1. The van der Waals surface area contributed by atoms with Crippen LogP contribution in [0.1, 0.15) is 43.5 Å². The van der Waals surface area contributed by atoms with Crippen molar-refractivity contribution in [3.8, 4) is 0 Å². The molecular formula is C19H24FN5O2. The molecule has 1 fully saturated rings. The van der Waals surface area contributed by atoms with Crippen LogP contribution in [-0.4, -0.2) is 31.8 Å². The number of carbonyl (C=O) groups excluding carboxylic acids is 1. The largest absolute Gasteiger partial charge is 0.352 e. The van der Waals surface area contributed by atoms with Gasteiger partial charge in [-0.2, -0.15) is 5.10 Å². The average molecular weight is 373 g/mol. The van der Waals surface area contributed by atoms with E-state index in [0.29, 0.717) is 25.9 Å². The van der Waals surface area contributed by atoms with Crippen molar-refractivity contribution in [3.63, 3.8) is 0 Å². The molecule has 2 aliphatic rings. The van der Waals surface area contributed by atoms with Crippen LogP contribution in [0.2, 0.25) is 0 Å². The lowest BCUT2D eigenvalue weighted by atomic mass is 9.77. The molecule has 1 unspecified atom stereocenters. The van der Waals surface area contributed by atoms with Gasteiger partial charge in [-0.15, -0.1) is 0 Å². The highest BCUT2D eigenvalue weighted by Crippen LogP contribution is 2.29. The molecule has 2 aromatic rings. The Balaban J connectivity index is 1.42.